The van der Waals surface area contributed by atoms with Crippen molar-refractivity contribution in [2.75, 3.05) is 10.6 Å². The van der Waals surface area contributed by atoms with Gasteiger partial charge in [0, 0.05) is 29.9 Å². The van der Waals surface area contributed by atoms with Crippen LogP contribution in [0.5, 0.6) is 0 Å². The molecule has 0 bridgehead atoms. The number of carboxylic acid groups (broad SMARTS) is 1. The van der Waals surface area contributed by atoms with Gasteiger partial charge in [-0.2, -0.15) is 0 Å². The van der Waals surface area contributed by atoms with Crippen LogP contribution in [0.15, 0.2) is 35.9 Å². The van der Waals surface area contributed by atoms with Crippen molar-refractivity contribution in [2.24, 2.45) is 0 Å². The normalized spacial score (nSPS) is 10.7. The summed E-state index contributed by atoms with van der Waals surface area (Å²) in [5.41, 5.74) is 0.949. The van der Waals surface area contributed by atoms with Crippen LogP contribution in [0.2, 0.25) is 0 Å². The van der Waals surface area contributed by atoms with E-state index in [1.165, 1.54) is 13.8 Å². The van der Waals surface area contributed by atoms with Gasteiger partial charge in [0.2, 0.25) is 11.8 Å². The quantitative estimate of drug-likeness (QED) is 0.718. The average molecular weight is 262 g/mol. The maximum absolute atomic E-state index is 11.5. The minimum atomic E-state index is -1.15. The summed E-state index contributed by atoms with van der Waals surface area (Å²) in [6, 6.07) is 6.54. The Kier molecular flexibility index (Phi) is 4.82. The van der Waals surface area contributed by atoms with Crippen LogP contribution >= 0.6 is 0 Å². The molecule has 0 unspecified atom stereocenters. The minimum absolute atomic E-state index is 0.0597. The standard InChI is InChI=1S/C13H14N2O4/c1-8(13(18)19)6-12(17)15-11-5-3-4-10(7-11)14-9(2)16/h3-7H,1-2H3,(H,14,16)(H,15,17)(H,18,19)/b8-6+. The third kappa shape index (κ3) is 5.03. The van der Waals surface area contributed by atoms with Gasteiger partial charge in [-0.25, -0.2) is 4.79 Å². The van der Waals surface area contributed by atoms with Crippen molar-refractivity contribution in [3.63, 3.8) is 0 Å². The van der Waals surface area contributed by atoms with E-state index in [0.717, 1.165) is 6.08 Å². The van der Waals surface area contributed by atoms with E-state index in [1.807, 2.05) is 0 Å². The first-order valence-corrected chi connectivity index (χ1v) is 5.48. The lowest BCUT2D eigenvalue weighted by Gasteiger charge is -2.06. The Balaban J connectivity index is 2.77. The zero-order valence-electron chi connectivity index (χ0n) is 10.6. The number of carboxylic acids is 1. The van der Waals surface area contributed by atoms with Crippen LogP contribution in [0.3, 0.4) is 0 Å². The molecule has 100 valence electrons. The Bertz CT molecular complexity index is 549. The number of rotatable bonds is 4. The highest BCUT2D eigenvalue weighted by atomic mass is 16.4. The first-order chi connectivity index (χ1) is 8.88. The Morgan fingerprint density at radius 2 is 1.68 bits per heavy atom. The van der Waals surface area contributed by atoms with Gasteiger partial charge in [-0.05, 0) is 25.1 Å². The summed E-state index contributed by atoms with van der Waals surface area (Å²) >= 11 is 0. The molecule has 1 aromatic rings. The number of hydrogen-bond acceptors (Lipinski definition) is 3. The summed E-state index contributed by atoms with van der Waals surface area (Å²) in [7, 11) is 0. The maximum Gasteiger partial charge on any atom is 0.331 e. The monoisotopic (exact) mass is 262 g/mol. The summed E-state index contributed by atoms with van der Waals surface area (Å²) in [5.74, 6) is -1.91. The minimum Gasteiger partial charge on any atom is -0.478 e. The molecule has 19 heavy (non-hydrogen) atoms. The summed E-state index contributed by atoms with van der Waals surface area (Å²) in [4.78, 5) is 33.0. The number of hydrogen-bond donors (Lipinski definition) is 3. The summed E-state index contributed by atoms with van der Waals surface area (Å²) < 4.78 is 0. The summed E-state index contributed by atoms with van der Waals surface area (Å²) in [6.45, 7) is 2.71. The van der Waals surface area contributed by atoms with E-state index in [-0.39, 0.29) is 11.5 Å². The van der Waals surface area contributed by atoms with Gasteiger partial charge in [-0.3, -0.25) is 9.59 Å². The number of amides is 2. The van der Waals surface area contributed by atoms with Crippen molar-refractivity contribution >= 4 is 29.2 Å². The Labute approximate surface area is 110 Å². The Morgan fingerprint density at radius 1 is 1.11 bits per heavy atom. The molecule has 0 fully saturated rings. The molecule has 2 amide bonds. The van der Waals surface area contributed by atoms with E-state index in [2.05, 4.69) is 10.6 Å². The molecule has 1 aromatic carbocycles. The van der Waals surface area contributed by atoms with Gasteiger partial charge >= 0.3 is 5.97 Å². The molecule has 6 nitrogen and oxygen atoms in total. The molecular formula is C13H14N2O4. The fourth-order valence-corrected chi connectivity index (χ4v) is 1.31. The van der Waals surface area contributed by atoms with Crippen LogP contribution in [0.25, 0.3) is 0 Å². The average Bonchev–Trinajstić information content (AvgIpc) is 2.27. The van der Waals surface area contributed by atoms with Crippen molar-refractivity contribution < 1.29 is 19.5 Å². The third-order valence-corrected chi connectivity index (χ3v) is 2.14. The highest BCUT2D eigenvalue weighted by Crippen LogP contribution is 2.15. The van der Waals surface area contributed by atoms with E-state index in [0.29, 0.717) is 11.4 Å². The second-order valence-corrected chi connectivity index (χ2v) is 3.88. The number of nitrogens with one attached hydrogen (secondary N) is 2. The fourth-order valence-electron chi connectivity index (χ4n) is 1.31. The van der Waals surface area contributed by atoms with Crippen LogP contribution < -0.4 is 10.6 Å². The molecule has 0 aromatic heterocycles. The number of aliphatic carboxylic acids is 1. The van der Waals surface area contributed by atoms with Gasteiger partial charge in [-0.1, -0.05) is 6.07 Å². The van der Waals surface area contributed by atoms with Gasteiger partial charge in [0.05, 0.1) is 0 Å². The van der Waals surface area contributed by atoms with Gasteiger partial charge in [0.1, 0.15) is 0 Å². The van der Waals surface area contributed by atoms with Gasteiger partial charge in [-0.15, -0.1) is 0 Å². The molecule has 0 spiro atoms. The largest absolute Gasteiger partial charge is 0.478 e. The molecule has 0 radical (unpaired) electrons. The topological polar surface area (TPSA) is 95.5 Å². The van der Waals surface area contributed by atoms with Crippen LogP contribution in [-0.2, 0) is 14.4 Å². The van der Waals surface area contributed by atoms with Gasteiger partial charge in [0.25, 0.3) is 0 Å². The molecule has 0 aliphatic rings. The van der Waals surface area contributed by atoms with Crippen LogP contribution in [0.1, 0.15) is 13.8 Å². The van der Waals surface area contributed by atoms with E-state index in [1.54, 1.807) is 24.3 Å². The number of benzene rings is 1. The number of carbonyl (C=O) groups excluding carboxylic acids is 2. The van der Waals surface area contributed by atoms with E-state index >= 15 is 0 Å². The summed E-state index contributed by atoms with van der Waals surface area (Å²) in [6.07, 6.45) is 0.993. The second-order valence-electron chi connectivity index (χ2n) is 3.88. The predicted octanol–water partition coefficient (Wildman–Crippen LogP) is 1.61. The van der Waals surface area contributed by atoms with Crippen molar-refractivity contribution in [3.05, 3.63) is 35.9 Å². The fraction of sp³-hybridized carbons (Fsp3) is 0.154. The predicted molar refractivity (Wildman–Crippen MR) is 70.8 cm³/mol. The highest BCUT2D eigenvalue weighted by molar-refractivity contribution is 6.04. The lowest BCUT2D eigenvalue weighted by Crippen LogP contribution is -2.11. The van der Waals surface area contributed by atoms with Crippen LogP contribution in [0.4, 0.5) is 11.4 Å². The molecule has 0 atom stereocenters. The Hall–Kier alpha value is -2.63. The number of carbonyl (C=O) groups is 3. The van der Waals surface area contributed by atoms with Crippen molar-refractivity contribution in [1.29, 1.82) is 0 Å². The van der Waals surface area contributed by atoms with Crippen molar-refractivity contribution in [1.82, 2.24) is 0 Å². The molecule has 0 saturated heterocycles. The molecule has 0 saturated carbocycles. The molecule has 3 N–H and O–H groups in total. The van der Waals surface area contributed by atoms with Crippen molar-refractivity contribution in [2.45, 2.75) is 13.8 Å². The highest BCUT2D eigenvalue weighted by Gasteiger charge is 2.05. The molecule has 1 rings (SSSR count). The van der Waals surface area contributed by atoms with E-state index in [4.69, 9.17) is 5.11 Å². The summed E-state index contributed by atoms with van der Waals surface area (Å²) in [5, 5.41) is 13.7. The molecular weight excluding hydrogens is 248 g/mol. The van der Waals surface area contributed by atoms with Gasteiger partial charge in [0.15, 0.2) is 0 Å². The zero-order chi connectivity index (χ0) is 14.4. The third-order valence-electron chi connectivity index (χ3n) is 2.14. The second kappa shape index (κ2) is 6.34. The molecule has 6 heteroatoms. The van der Waals surface area contributed by atoms with Crippen LogP contribution in [-0.4, -0.2) is 22.9 Å². The first kappa shape index (κ1) is 14.4. The van der Waals surface area contributed by atoms with Crippen LogP contribution in [0, 0.1) is 0 Å². The SMILES string of the molecule is CC(=O)Nc1cccc(NC(=O)/C=C(\C)C(=O)O)c1. The van der Waals surface area contributed by atoms with E-state index in [9.17, 15) is 14.4 Å². The molecule has 0 aliphatic heterocycles. The van der Waals surface area contributed by atoms with E-state index < -0.39 is 11.9 Å². The van der Waals surface area contributed by atoms with Crippen molar-refractivity contribution in [3.8, 4) is 0 Å². The maximum atomic E-state index is 11.5. The number of anilines is 2. The smallest absolute Gasteiger partial charge is 0.331 e. The molecule has 0 aliphatic carbocycles. The zero-order valence-corrected chi connectivity index (χ0v) is 10.6. The Morgan fingerprint density at radius 3 is 2.21 bits per heavy atom. The first-order valence-electron chi connectivity index (χ1n) is 5.48. The lowest BCUT2D eigenvalue weighted by molar-refractivity contribution is -0.132. The lowest BCUT2D eigenvalue weighted by atomic mass is 10.2. The van der Waals surface area contributed by atoms with Gasteiger partial charge < -0.3 is 15.7 Å². The molecule has 0 heterocycles.